The van der Waals surface area contributed by atoms with E-state index in [1.54, 1.807) is 12.1 Å². The van der Waals surface area contributed by atoms with E-state index in [0.29, 0.717) is 10.6 Å². The first-order valence-electron chi connectivity index (χ1n) is 8.54. The zero-order valence-electron chi connectivity index (χ0n) is 15.1. The summed E-state index contributed by atoms with van der Waals surface area (Å²) in [5.41, 5.74) is 1.06. The molecule has 136 valence electrons. The molecule has 0 atom stereocenters. The van der Waals surface area contributed by atoms with Gasteiger partial charge in [0.05, 0.1) is 6.42 Å². The van der Waals surface area contributed by atoms with E-state index in [4.69, 9.17) is 4.84 Å². The lowest BCUT2D eigenvalue weighted by molar-refractivity contribution is -0.197. The van der Waals surface area contributed by atoms with Crippen LogP contribution in [0.1, 0.15) is 46.1 Å². The van der Waals surface area contributed by atoms with Gasteiger partial charge in [0.1, 0.15) is 0 Å². The van der Waals surface area contributed by atoms with E-state index in [-0.39, 0.29) is 30.3 Å². The Labute approximate surface area is 148 Å². The quantitative estimate of drug-likeness (QED) is 0.615. The molecular weight excluding hydrogens is 338 g/mol. The number of imide groups is 1. The van der Waals surface area contributed by atoms with Crippen molar-refractivity contribution in [3.05, 3.63) is 29.8 Å². The molecule has 7 heteroatoms. The van der Waals surface area contributed by atoms with Crippen molar-refractivity contribution in [2.24, 2.45) is 0 Å². The van der Waals surface area contributed by atoms with Crippen molar-refractivity contribution in [1.29, 1.82) is 0 Å². The molecule has 0 aromatic heterocycles. The highest BCUT2D eigenvalue weighted by Crippen LogP contribution is 2.29. The normalized spacial score (nSPS) is 15.4. The predicted octanol–water partition coefficient (Wildman–Crippen LogP) is 1.80. The van der Waals surface area contributed by atoms with Crippen LogP contribution in [0.5, 0.6) is 0 Å². The largest absolute Gasteiger partial charge is 0.427 e. The molecule has 0 unspecified atom stereocenters. The van der Waals surface area contributed by atoms with Gasteiger partial charge in [-0.3, -0.25) is 9.59 Å². The Morgan fingerprint density at radius 1 is 1.08 bits per heavy atom. The minimum Gasteiger partial charge on any atom is -0.427 e. The molecule has 0 radical (unpaired) electrons. The van der Waals surface area contributed by atoms with Crippen molar-refractivity contribution in [2.45, 2.75) is 58.0 Å². The van der Waals surface area contributed by atoms with Gasteiger partial charge in [-0.2, -0.15) is 0 Å². The van der Waals surface area contributed by atoms with Crippen LogP contribution in [-0.4, -0.2) is 36.0 Å². The number of nitrogens with zero attached hydrogens (tertiary/aromatic N) is 1. The Kier molecular flexibility index (Phi) is 5.79. The monoisotopic (exact) mass is 363 g/mol. The molecule has 1 saturated heterocycles. The zero-order valence-corrected chi connectivity index (χ0v) is 16.1. The van der Waals surface area contributed by atoms with Crippen LogP contribution in [0.25, 0.3) is 0 Å². The highest BCUT2D eigenvalue weighted by Gasteiger charge is 2.40. The van der Waals surface area contributed by atoms with Crippen LogP contribution in [0.3, 0.4) is 0 Å². The fourth-order valence-corrected chi connectivity index (χ4v) is 6.55. The third kappa shape index (κ3) is 3.99. The van der Waals surface area contributed by atoms with Crippen molar-refractivity contribution in [2.75, 3.05) is 0 Å². The lowest BCUT2D eigenvalue weighted by atomic mass is 10.1. The van der Waals surface area contributed by atoms with E-state index < -0.39 is 26.1 Å². The average Bonchev–Trinajstić information content (AvgIpc) is 2.86. The van der Waals surface area contributed by atoms with Crippen LogP contribution in [-0.2, 0) is 25.6 Å². The summed E-state index contributed by atoms with van der Waals surface area (Å²) in [7, 11) is -2.60. The van der Waals surface area contributed by atoms with E-state index in [1.807, 2.05) is 39.8 Å². The smallest absolute Gasteiger partial charge is 0.337 e. The molecule has 1 aromatic rings. The summed E-state index contributed by atoms with van der Waals surface area (Å²) in [6.45, 7) is 8.12. The van der Waals surface area contributed by atoms with Crippen molar-refractivity contribution in [1.82, 2.24) is 5.06 Å². The van der Waals surface area contributed by atoms with Gasteiger partial charge in [-0.15, -0.1) is 5.06 Å². The lowest BCUT2D eigenvalue weighted by Gasteiger charge is -2.33. The fraction of sp³-hybridized carbons (Fsp3) is 0.500. The van der Waals surface area contributed by atoms with E-state index in [1.165, 1.54) is 0 Å². The van der Waals surface area contributed by atoms with E-state index >= 15 is 0 Å². The summed E-state index contributed by atoms with van der Waals surface area (Å²) < 4.78 is 0. The highest BCUT2D eigenvalue weighted by atomic mass is 28.4. The number of carbonyl (C=O) groups excluding carboxylic acids is 3. The molecule has 25 heavy (non-hydrogen) atoms. The third-order valence-electron chi connectivity index (χ3n) is 4.72. The van der Waals surface area contributed by atoms with Gasteiger partial charge in [0, 0.05) is 12.8 Å². The van der Waals surface area contributed by atoms with Crippen LogP contribution in [0.15, 0.2) is 24.3 Å². The summed E-state index contributed by atoms with van der Waals surface area (Å²) in [6.07, 6.45) is 0.115. The van der Waals surface area contributed by atoms with Crippen molar-refractivity contribution in [3.63, 3.8) is 0 Å². The molecule has 2 amide bonds. The predicted molar refractivity (Wildman–Crippen MR) is 95.1 cm³/mol. The number of carbonyl (C=O) groups is 3. The first-order valence-corrected chi connectivity index (χ1v) is 10.6. The maximum atomic E-state index is 11.9. The van der Waals surface area contributed by atoms with Crippen LogP contribution >= 0.6 is 0 Å². The van der Waals surface area contributed by atoms with Crippen molar-refractivity contribution >= 4 is 31.3 Å². The zero-order chi connectivity index (χ0) is 18.8. The Balaban J connectivity index is 2.06. The van der Waals surface area contributed by atoms with E-state index in [9.17, 15) is 19.2 Å². The second kappa shape index (κ2) is 7.49. The van der Waals surface area contributed by atoms with Crippen LogP contribution in [0, 0.1) is 0 Å². The molecule has 0 aliphatic carbocycles. The minimum absolute atomic E-state index is 0.0410. The first-order chi connectivity index (χ1) is 11.7. The Morgan fingerprint density at radius 2 is 1.56 bits per heavy atom. The molecule has 0 spiro atoms. The van der Waals surface area contributed by atoms with Crippen molar-refractivity contribution in [3.8, 4) is 0 Å². The van der Waals surface area contributed by atoms with Gasteiger partial charge in [-0.05, 0) is 21.8 Å². The van der Waals surface area contributed by atoms with Crippen LogP contribution in [0.4, 0.5) is 0 Å². The molecule has 0 bridgehead atoms. The number of hydrogen-bond donors (Lipinski definition) is 1. The van der Waals surface area contributed by atoms with Gasteiger partial charge >= 0.3 is 5.97 Å². The summed E-state index contributed by atoms with van der Waals surface area (Å²) in [6, 6.07) is 7.29. The van der Waals surface area contributed by atoms with Gasteiger partial charge < -0.3 is 9.63 Å². The van der Waals surface area contributed by atoms with Gasteiger partial charge in [0.25, 0.3) is 11.8 Å². The highest BCUT2D eigenvalue weighted by molar-refractivity contribution is 6.87. The molecular formula is C18H25NO5Si. The summed E-state index contributed by atoms with van der Waals surface area (Å²) in [5, 5.41) is 1.49. The molecule has 1 heterocycles. The van der Waals surface area contributed by atoms with Gasteiger partial charge in [0.2, 0.25) is 8.32 Å². The van der Waals surface area contributed by atoms with Crippen LogP contribution < -0.4 is 5.19 Å². The van der Waals surface area contributed by atoms with E-state index in [2.05, 4.69) is 0 Å². The molecule has 0 saturated carbocycles. The number of rotatable bonds is 6. The van der Waals surface area contributed by atoms with Gasteiger partial charge in [0.15, 0.2) is 0 Å². The lowest BCUT2D eigenvalue weighted by Crippen LogP contribution is -2.53. The fourth-order valence-electron chi connectivity index (χ4n) is 3.18. The summed E-state index contributed by atoms with van der Waals surface area (Å²) >= 11 is 0. The second-order valence-electron chi connectivity index (χ2n) is 7.05. The topological polar surface area (TPSA) is 83.9 Å². The van der Waals surface area contributed by atoms with Crippen molar-refractivity contribution < 1.29 is 24.0 Å². The molecule has 2 rings (SSSR count). The molecule has 1 N–H and O–H groups in total. The Morgan fingerprint density at radius 3 is 2.00 bits per heavy atom. The van der Waals surface area contributed by atoms with Gasteiger partial charge in [-0.1, -0.05) is 52.0 Å². The number of hydroxylamine groups is 2. The third-order valence-corrected chi connectivity index (χ3v) is 9.50. The minimum atomic E-state index is -2.60. The summed E-state index contributed by atoms with van der Waals surface area (Å²) in [4.78, 5) is 50.9. The molecule has 6 nitrogen and oxygen atoms in total. The molecule has 1 aliphatic heterocycles. The first kappa shape index (κ1) is 19.3. The summed E-state index contributed by atoms with van der Waals surface area (Å²) in [5.74, 6) is -1.63. The number of hydrogen-bond acceptors (Lipinski definition) is 5. The molecule has 1 aliphatic rings. The van der Waals surface area contributed by atoms with Crippen LogP contribution in [0.2, 0.25) is 11.1 Å². The van der Waals surface area contributed by atoms with Gasteiger partial charge in [-0.25, -0.2) is 4.79 Å². The Hall–Kier alpha value is -1.99. The maximum absolute atomic E-state index is 11.9. The number of amides is 2. The Bertz CT molecular complexity index is 645. The maximum Gasteiger partial charge on any atom is 0.337 e. The average molecular weight is 363 g/mol. The standard InChI is InChI=1S/C18H25NO5Si/c1-12(2)25(23,13(3)4)15-7-5-14(6-8-15)11-18(22)24-19-16(20)9-10-17(19)21/h5-8,12-13,23H,9-11H2,1-4H3. The number of benzene rings is 1. The van der Waals surface area contributed by atoms with E-state index in [0.717, 1.165) is 5.19 Å². The second-order valence-corrected chi connectivity index (χ2v) is 11.6. The SMILES string of the molecule is CC(C)[Si](O)(c1ccc(CC(=O)ON2C(=O)CCC2=O)cc1)C(C)C. The molecule has 1 fully saturated rings. The molecule has 1 aromatic carbocycles.